The summed E-state index contributed by atoms with van der Waals surface area (Å²) in [6.07, 6.45) is -4.48. The maximum atomic E-state index is 12.2. The van der Waals surface area contributed by atoms with Gasteiger partial charge in [0.1, 0.15) is 35.5 Å². The average Bonchev–Trinajstić information content (AvgIpc) is 3.22. The van der Waals surface area contributed by atoms with Crippen molar-refractivity contribution in [1.29, 1.82) is 5.26 Å². The van der Waals surface area contributed by atoms with E-state index in [9.17, 15) is 29.4 Å². The molecular formula is C17H23N6O9P. The van der Waals surface area contributed by atoms with E-state index < -0.39 is 56.2 Å². The number of nitriles is 1. The first-order valence-electron chi connectivity index (χ1n) is 9.54. The van der Waals surface area contributed by atoms with Crippen LogP contribution in [0, 0.1) is 11.3 Å². The predicted molar refractivity (Wildman–Crippen MR) is 108 cm³/mol. The number of nitrogens with two attached hydrogens (primary N) is 1. The molecule has 180 valence electrons. The lowest BCUT2D eigenvalue weighted by Gasteiger charge is -2.25. The maximum absolute atomic E-state index is 12.2. The van der Waals surface area contributed by atoms with Crippen molar-refractivity contribution in [3.05, 3.63) is 12.2 Å². The second-order valence-corrected chi connectivity index (χ2v) is 9.87. The van der Waals surface area contributed by atoms with Gasteiger partial charge in [-0.1, -0.05) is 0 Å². The van der Waals surface area contributed by atoms with Crippen LogP contribution in [0.15, 0.2) is 6.33 Å². The van der Waals surface area contributed by atoms with Crippen molar-refractivity contribution in [2.75, 3.05) is 12.3 Å². The molecule has 0 radical (unpaired) electrons. The van der Waals surface area contributed by atoms with Crippen molar-refractivity contribution in [2.24, 2.45) is 0 Å². The third-order valence-corrected chi connectivity index (χ3v) is 5.46. The Balaban J connectivity index is 1.80. The summed E-state index contributed by atoms with van der Waals surface area (Å²) < 4.78 is 28.6. The second kappa shape index (κ2) is 8.92. The van der Waals surface area contributed by atoms with Crippen LogP contribution in [0.25, 0.3) is 11.2 Å². The van der Waals surface area contributed by atoms with E-state index in [1.807, 2.05) is 0 Å². The Morgan fingerprint density at radius 3 is 2.61 bits per heavy atom. The summed E-state index contributed by atoms with van der Waals surface area (Å²) in [6.45, 7) is 3.86. The molecule has 3 rings (SSSR count). The molecule has 1 aliphatic heterocycles. The fourth-order valence-electron chi connectivity index (χ4n) is 3.11. The van der Waals surface area contributed by atoms with Gasteiger partial charge in [-0.15, -0.1) is 0 Å². The van der Waals surface area contributed by atoms with Gasteiger partial charge in [0.25, 0.3) is 5.85 Å². The summed E-state index contributed by atoms with van der Waals surface area (Å²) in [5, 5.41) is 29.9. The van der Waals surface area contributed by atoms with E-state index in [2.05, 4.69) is 15.0 Å². The molecule has 1 unspecified atom stereocenters. The summed E-state index contributed by atoms with van der Waals surface area (Å²) in [5.74, 6) is -3.89. The number of fused-ring (bicyclic) bond motifs is 1. The molecule has 2 aromatic heterocycles. The van der Waals surface area contributed by atoms with E-state index in [0.29, 0.717) is 0 Å². The van der Waals surface area contributed by atoms with Crippen LogP contribution in [0.3, 0.4) is 0 Å². The van der Waals surface area contributed by atoms with Crippen LogP contribution in [0.2, 0.25) is 0 Å². The molecule has 0 amide bonds. The van der Waals surface area contributed by atoms with E-state index >= 15 is 0 Å². The van der Waals surface area contributed by atoms with E-state index in [1.54, 1.807) is 6.07 Å². The maximum Gasteiger partial charge on any atom is 0.365 e. The lowest BCUT2D eigenvalue weighted by Crippen LogP contribution is -2.38. The molecule has 0 aromatic carbocycles. The van der Waals surface area contributed by atoms with Gasteiger partial charge in [-0.25, -0.2) is 9.78 Å². The minimum atomic E-state index is -5.09. The lowest BCUT2D eigenvalue weighted by atomic mass is 10.1. The van der Waals surface area contributed by atoms with Crippen molar-refractivity contribution >= 4 is 30.5 Å². The molecule has 0 bridgehead atoms. The van der Waals surface area contributed by atoms with Crippen molar-refractivity contribution in [3.8, 4) is 6.07 Å². The monoisotopic (exact) mass is 486 g/mol. The molecule has 0 saturated carbocycles. The van der Waals surface area contributed by atoms with Gasteiger partial charge in [0.2, 0.25) is 5.82 Å². The van der Waals surface area contributed by atoms with Gasteiger partial charge in [0, 0.05) is 0 Å². The number of aliphatic hydroxyl groups is 2. The number of anilines is 1. The Bertz CT molecular complexity index is 1140. The molecule has 1 aliphatic rings. The first-order chi connectivity index (χ1) is 15.2. The van der Waals surface area contributed by atoms with Crippen molar-refractivity contribution in [3.63, 3.8) is 0 Å². The van der Waals surface area contributed by atoms with Crippen LogP contribution in [-0.2, 0) is 23.6 Å². The van der Waals surface area contributed by atoms with Crippen LogP contribution < -0.4 is 5.73 Å². The Hall–Kier alpha value is -2.70. The van der Waals surface area contributed by atoms with Crippen LogP contribution in [0.1, 0.15) is 32.8 Å². The highest BCUT2D eigenvalue weighted by molar-refractivity contribution is 7.53. The van der Waals surface area contributed by atoms with Gasteiger partial charge in [-0.2, -0.15) is 15.2 Å². The van der Waals surface area contributed by atoms with E-state index in [1.165, 1.54) is 31.7 Å². The summed E-state index contributed by atoms with van der Waals surface area (Å²) in [4.78, 5) is 43.0. The first kappa shape index (κ1) is 24.9. The normalized spacial score (nSPS) is 24.5. The van der Waals surface area contributed by atoms with Crippen molar-refractivity contribution < 1.29 is 43.6 Å². The standard InChI is InChI=1S/C17H23N6O9P/c1-17(2,3)32-15(26)16(33(27,28)29)30-5-7-10(24)11(25)14(31-7)23-6-20-9-12(19)21-8(4-18)22-13(9)23/h6-7,10-11,14,16,24-25H,5H2,1-3H3,(H2,19,21,22)(H2,27,28,29)/t7-,10-,11-,14-,16?/m1/s1. The van der Waals surface area contributed by atoms with Crippen LogP contribution in [0.4, 0.5) is 5.82 Å². The molecule has 6 N–H and O–H groups in total. The zero-order valence-corrected chi connectivity index (χ0v) is 18.7. The Morgan fingerprint density at radius 1 is 1.36 bits per heavy atom. The van der Waals surface area contributed by atoms with Crippen LogP contribution in [-0.4, -0.2) is 81.9 Å². The molecule has 16 heteroatoms. The predicted octanol–water partition coefficient (Wildman–Crippen LogP) is -1.24. The highest BCUT2D eigenvalue weighted by Crippen LogP contribution is 2.43. The number of rotatable bonds is 6. The van der Waals surface area contributed by atoms with E-state index in [-0.39, 0.29) is 22.8 Å². The van der Waals surface area contributed by atoms with Gasteiger partial charge in [0.15, 0.2) is 17.7 Å². The third-order valence-electron chi connectivity index (χ3n) is 4.49. The average molecular weight is 486 g/mol. The number of ether oxygens (including phenoxy) is 3. The molecule has 5 atom stereocenters. The number of nitrogens with zero attached hydrogens (tertiary/aromatic N) is 5. The van der Waals surface area contributed by atoms with Gasteiger partial charge in [0.05, 0.1) is 12.9 Å². The lowest BCUT2D eigenvalue weighted by molar-refractivity contribution is -0.166. The molecule has 0 spiro atoms. The van der Waals surface area contributed by atoms with Gasteiger partial charge < -0.3 is 39.9 Å². The molecule has 0 aliphatic carbocycles. The fourth-order valence-corrected chi connectivity index (χ4v) is 3.72. The summed E-state index contributed by atoms with van der Waals surface area (Å²) in [7, 11) is -5.09. The van der Waals surface area contributed by atoms with E-state index in [4.69, 9.17) is 25.2 Å². The Kier molecular flexibility index (Phi) is 6.74. The highest BCUT2D eigenvalue weighted by atomic mass is 31.2. The van der Waals surface area contributed by atoms with Gasteiger partial charge in [-0.3, -0.25) is 9.13 Å². The molecule has 33 heavy (non-hydrogen) atoms. The summed E-state index contributed by atoms with van der Waals surface area (Å²) >= 11 is 0. The number of esters is 1. The molecule has 15 nitrogen and oxygen atoms in total. The number of hydrogen-bond acceptors (Lipinski definition) is 12. The Morgan fingerprint density at radius 2 is 2.03 bits per heavy atom. The topological polar surface area (TPSA) is 236 Å². The molecule has 1 fully saturated rings. The number of imidazole rings is 1. The molecule has 3 heterocycles. The second-order valence-electron chi connectivity index (χ2n) is 8.22. The smallest absolute Gasteiger partial charge is 0.365 e. The largest absolute Gasteiger partial charge is 0.458 e. The van der Waals surface area contributed by atoms with Crippen molar-refractivity contribution in [2.45, 2.75) is 56.8 Å². The van der Waals surface area contributed by atoms with Crippen molar-refractivity contribution in [1.82, 2.24) is 19.5 Å². The zero-order chi connectivity index (χ0) is 24.7. The molecule has 1 saturated heterocycles. The number of hydrogen-bond donors (Lipinski definition) is 5. The molecule has 2 aromatic rings. The minimum absolute atomic E-state index is 0.0544. The number of aliphatic hydroxyl groups excluding tert-OH is 2. The quantitative estimate of drug-likeness (QED) is 0.237. The SMILES string of the molecule is CC(C)(C)OC(=O)C(OC[C@H]1O[C@@H](n2cnc3c(N)nc(C#N)nc32)[C@H](O)[C@@H]1O)P(=O)(O)O. The first-order valence-corrected chi connectivity index (χ1v) is 11.2. The number of aromatic nitrogens is 4. The highest BCUT2D eigenvalue weighted by Gasteiger charge is 2.47. The zero-order valence-electron chi connectivity index (χ0n) is 17.8. The third kappa shape index (κ3) is 5.28. The Labute approximate surface area is 186 Å². The molecular weight excluding hydrogens is 463 g/mol. The number of carbonyl (C=O) groups is 1. The van der Waals surface area contributed by atoms with Crippen LogP contribution in [0.5, 0.6) is 0 Å². The van der Waals surface area contributed by atoms with E-state index in [0.717, 1.165) is 0 Å². The number of nitrogen functional groups attached to an aromatic ring is 1. The van der Waals surface area contributed by atoms with Gasteiger partial charge >= 0.3 is 13.6 Å². The van der Waals surface area contributed by atoms with Gasteiger partial charge in [-0.05, 0) is 20.8 Å². The summed E-state index contributed by atoms with van der Waals surface area (Å²) in [6, 6.07) is 1.74. The fraction of sp³-hybridized carbons (Fsp3) is 0.588. The number of carbonyl (C=O) groups excluding carboxylic acids is 1. The van der Waals surface area contributed by atoms with Crippen LogP contribution >= 0.6 is 7.60 Å². The summed E-state index contributed by atoms with van der Waals surface area (Å²) in [5.41, 5.74) is 4.91. The minimum Gasteiger partial charge on any atom is -0.458 e.